The topological polar surface area (TPSA) is 26.0 Å². The molecule has 2 N–H and O–H groups in total. The Morgan fingerprint density at radius 3 is 2.45 bits per heavy atom. The molecule has 1 aromatic rings. The van der Waals surface area contributed by atoms with Crippen LogP contribution in [0.5, 0.6) is 0 Å². The minimum absolute atomic E-state index is 0.625. The summed E-state index contributed by atoms with van der Waals surface area (Å²) in [4.78, 5) is 0. The molecule has 0 saturated heterocycles. The summed E-state index contributed by atoms with van der Waals surface area (Å²) in [6.07, 6.45) is 0. The smallest absolute Gasteiger partial charge is 0.0207 e. The van der Waals surface area contributed by atoms with Crippen molar-refractivity contribution < 1.29 is 0 Å². The Hall–Kier alpha value is -0.340. The van der Waals surface area contributed by atoms with Gasteiger partial charge in [0.05, 0.1) is 0 Å². The summed E-state index contributed by atoms with van der Waals surface area (Å²) in [5.74, 6) is 0. The molecule has 0 spiro atoms. The molecule has 0 aliphatic rings. The lowest BCUT2D eigenvalue weighted by molar-refractivity contribution is 1.04. The molecule has 0 amide bonds. The first-order valence-electron chi connectivity index (χ1n) is 3.61. The maximum Gasteiger partial charge on any atom is 0.0207 e. The van der Waals surface area contributed by atoms with Crippen LogP contribution >= 0.6 is 15.9 Å². The zero-order valence-electron chi connectivity index (χ0n) is 6.82. The van der Waals surface area contributed by atoms with Gasteiger partial charge in [-0.1, -0.05) is 22.0 Å². The van der Waals surface area contributed by atoms with E-state index in [0.717, 1.165) is 4.47 Å². The third kappa shape index (κ3) is 1.82. The second-order valence-electron chi connectivity index (χ2n) is 2.73. The monoisotopic (exact) mass is 213 g/mol. The number of halogens is 1. The number of hydrogen-bond donors (Lipinski definition) is 1. The van der Waals surface area contributed by atoms with Crippen LogP contribution in [0.3, 0.4) is 0 Å². The highest BCUT2D eigenvalue weighted by Crippen LogP contribution is 2.20. The summed E-state index contributed by atoms with van der Waals surface area (Å²) >= 11 is 3.47. The van der Waals surface area contributed by atoms with E-state index < -0.39 is 0 Å². The highest BCUT2D eigenvalue weighted by atomic mass is 79.9. The van der Waals surface area contributed by atoms with Gasteiger partial charge in [-0.2, -0.15) is 0 Å². The van der Waals surface area contributed by atoms with Gasteiger partial charge in [-0.15, -0.1) is 0 Å². The third-order valence-corrected chi connectivity index (χ3v) is 2.69. The molecule has 0 saturated carbocycles. The first-order valence-corrected chi connectivity index (χ1v) is 4.40. The van der Waals surface area contributed by atoms with E-state index >= 15 is 0 Å². The van der Waals surface area contributed by atoms with E-state index in [1.807, 2.05) is 0 Å². The van der Waals surface area contributed by atoms with Crippen LogP contribution in [0.15, 0.2) is 16.6 Å². The van der Waals surface area contributed by atoms with E-state index in [9.17, 15) is 0 Å². The molecular weight excluding hydrogens is 202 g/mol. The van der Waals surface area contributed by atoms with E-state index in [0.29, 0.717) is 6.54 Å². The molecule has 11 heavy (non-hydrogen) atoms. The zero-order valence-corrected chi connectivity index (χ0v) is 8.40. The van der Waals surface area contributed by atoms with Gasteiger partial charge in [0, 0.05) is 11.0 Å². The van der Waals surface area contributed by atoms with Crippen LogP contribution in [0, 0.1) is 13.8 Å². The lowest BCUT2D eigenvalue weighted by Gasteiger charge is -2.05. The molecule has 0 bridgehead atoms. The number of benzene rings is 1. The van der Waals surface area contributed by atoms with Crippen molar-refractivity contribution in [2.75, 3.05) is 0 Å². The molecule has 0 atom stereocenters. The van der Waals surface area contributed by atoms with Crippen LogP contribution in [-0.4, -0.2) is 0 Å². The molecule has 0 heterocycles. The fourth-order valence-electron chi connectivity index (χ4n) is 1.06. The summed E-state index contributed by atoms with van der Waals surface area (Å²) in [5.41, 5.74) is 9.28. The maximum absolute atomic E-state index is 5.55. The van der Waals surface area contributed by atoms with Crippen molar-refractivity contribution in [3.05, 3.63) is 33.3 Å². The third-order valence-electron chi connectivity index (χ3n) is 1.84. The van der Waals surface area contributed by atoms with Crippen molar-refractivity contribution in [1.29, 1.82) is 0 Å². The summed E-state index contributed by atoms with van der Waals surface area (Å²) < 4.78 is 1.16. The van der Waals surface area contributed by atoms with Crippen molar-refractivity contribution in [2.45, 2.75) is 20.4 Å². The Morgan fingerprint density at radius 2 is 1.91 bits per heavy atom. The van der Waals surface area contributed by atoms with E-state index in [-0.39, 0.29) is 0 Å². The first kappa shape index (κ1) is 8.75. The van der Waals surface area contributed by atoms with Crippen LogP contribution in [0.25, 0.3) is 0 Å². The largest absolute Gasteiger partial charge is 0.326 e. The Kier molecular flexibility index (Phi) is 2.68. The van der Waals surface area contributed by atoms with E-state index in [1.54, 1.807) is 0 Å². The fourth-order valence-corrected chi connectivity index (χ4v) is 1.52. The van der Waals surface area contributed by atoms with Gasteiger partial charge < -0.3 is 5.73 Å². The summed E-state index contributed by atoms with van der Waals surface area (Å²) in [5, 5.41) is 0. The molecule has 0 aromatic heterocycles. The summed E-state index contributed by atoms with van der Waals surface area (Å²) in [6, 6.07) is 4.23. The van der Waals surface area contributed by atoms with Gasteiger partial charge in [0.1, 0.15) is 0 Å². The second-order valence-corrected chi connectivity index (χ2v) is 3.59. The van der Waals surface area contributed by atoms with Gasteiger partial charge in [-0.05, 0) is 36.6 Å². The predicted molar refractivity (Wildman–Crippen MR) is 51.5 cm³/mol. The lowest BCUT2D eigenvalue weighted by Crippen LogP contribution is -1.99. The Labute approximate surface area is 75.7 Å². The van der Waals surface area contributed by atoms with Gasteiger partial charge in [0.2, 0.25) is 0 Å². The molecule has 1 nitrogen and oxygen atoms in total. The van der Waals surface area contributed by atoms with Gasteiger partial charge in [-0.3, -0.25) is 0 Å². The molecule has 0 aliphatic carbocycles. The highest BCUT2D eigenvalue weighted by Gasteiger charge is 1.99. The molecule has 0 fully saturated rings. The van der Waals surface area contributed by atoms with Crippen LogP contribution in [0.1, 0.15) is 16.7 Å². The average molecular weight is 214 g/mol. The van der Waals surface area contributed by atoms with E-state index in [2.05, 4.69) is 41.9 Å². The predicted octanol–water partition coefficient (Wildman–Crippen LogP) is 2.52. The molecule has 0 unspecified atom stereocenters. The van der Waals surface area contributed by atoms with Gasteiger partial charge in [0.15, 0.2) is 0 Å². The SMILES string of the molecule is Cc1cc(CN)c(C)cc1Br. The molecule has 1 aromatic carbocycles. The van der Waals surface area contributed by atoms with Gasteiger partial charge >= 0.3 is 0 Å². The van der Waals surface area contributed by atoms with Gasteiger partial charge in [-0.25, -0.2) is 0 Å². The van der Waals surface area contributed by atoms with Crippen molar-refractivity contribution in [3.63, 3.8) is 0 Å². The molecule has 1 rings (SSSR count). The molecule has 60 valence electrons. The minimum atomic E-state index is 0.625. The number of rotatable bonds is 1. The molecule has 0 aliphatic heterocycles. The first-order chi connectivity index (χ1) is 5.15. The van der Waals surface area contributed by atoms with Crippen molar-refractivity contribution >= 4 is 15.9 Å². The molecule has 2 heteroatoms. The normalized spacial score (nSPS) is 10.2. The minimum Gasteiger partial charge on any atom is -0.326 e. The Balaban J connectivity index is 3.21. The van der Waals surface area contributed by atoms with E-state index in [1.165, 1.54) is 16.7 Å². The van der Waals surface area contributed by atoms with Crippen molar-refractivity contribution in [2.24, 2.45) is 5.73 Å². The second kappa shape index (κ2) is 3.37. The standard InChI is InChI=1S/C9H12BrN/c1-6-4-9(10)7(2)3-8(6)5-11/h3-4H,5,11H2,1-2H3. The molecule has 0 radical (unpaired) electrons. The van der Waals surface area contributed by atoms with Crippen molar-refractivity contribution in [3.8, 4) is 0 Å². The zero-order chi connectivity index (χ0) is 8.43. The van der Waals surface area contributed by atoms with Crippen LogP contribution < -0.4 is 5.73 Å². The van der Waals surface area contributed by atoms with Crippen LogP contribution in [0.4, 0.5) is 0 Å². The lowest BCUT2D eigenvalue weighted by atomic mass is 10.1. The number of hydrogen-bond acceptors (Lipinski definition) is 1. The van der Waals surface area contributed by atoms with E-state index in [4.69, 9.17) is 5.73 Å². The number of aryl methyl sites for hydroxylation is 2. The Bertz CT molecular complexity index is 269. The van der Waals surface area contributed by atoms with Gasteiger partial charge in [0.25, 0.3) is 0 Å². The fraction of sp³-hybridized carbons (Fsp3) is 0.333. The number of nitrogens with two attached hydrogens (primary N) is 1. The highest BCUT2D eigenvalue weighted by molar-refractivity contribution is 9.10. The molecular formula is C9H12BrN. The quantitative estimate of drug-likeness (QED) is 0.763. The summed E-state index contributed by atoms with van der Waals surface area (Å²) in [6.45, 7) is 4.77. The van der Waals surface area contributed by atoms with Crippen LogP contribution in [0.2, 0.25) is 0 Å². The van der Waals surface area contributed by atoms with Crippen LogP contribution in [-0.2, 0) is 6.54 Å². The summed E-state index contributed by atoms with van der Waals surface area (Å²) in [7, 11) is 0. The average Bonchev–Trinajstić information content (AvgIpc) is 1.97. The van der Waals surface area contributed by atoms with Crippen molar-refractivity contribution in [1.82, 2.24) is 0 Å². The maximum atomic E-state index is 5.55. The Morgan fingerprint density at radius 1 is 1.27 bits per heavy atom.